The fraction of sp³-hybridized carbons (Fsp3) is 0.696. The molecule has 164 valence electrons. The van der Waals surface area contributed by atoms with Crippen LogP contribution in [0.3, 0.4) is 0 Å². The molecule has 0 aromatic heterocycles. The molecule has 0 saturated carbocycles. The average Bonchev–Trinajstić information content (AvgIpc) is 2.71. The van der Waals surface area contributed by atoms with E-state index in [1.54, 1.807) is 0 Å². The first-order chi connectivity index (χ1) is 14.1. The van der Waals surface area contributed by atoms with Gasteiger partial charge in [-0.15, -0.1) is 0 Å². The predicted octanol–water partition coefficient (Wildman–Crippen LogP) is 7.59. The summed E-state index contributed by atoms with van der Waals surface area (Å²) in [7, 11) is 0. The summed E-state index contributed by atoms with van der Waals surface area (Å²) in [4.78, 5) is 21.7. The van der Waals surface area contributed by atoms with Crippen molar-refractivity contribution < 1.29 is 19.2 Å². The van der Waals surface area contributed by atoms with Crippen LogP contribution in [0.5, 0.6) is 5.75 Å². The van der Waals surface area contributed by atoms with E-state index < -0.39 is 11.1 Å². The maximum Gasteiger partial charge on any atom is 0.513 e. The van der Waals surface area contributed by atoms with Crippen LogP contribution in [0.2, 0.25) is 0 Å². The smallest absolute Gasteiger partial charge is 0.434 e. The number of carbonyl (C=O) groups is 1. The van der Waals surface area contributed by atoms with Crippen LogP contribution in [-0.4, -0.2) is 17.7 Å². The Balaban J connectivity index is 1.88. The highest BCUT2D eigenvalue weighted by atomic mass is 16.7. The van der Waals surface area contributed by atoms with Gasteiger partial charge in [0.05, 0.1) is 11.5 Å². The summed E-state index contributed by atoms with van der Waals surface area (Å²) in [6, 6.07) is 5.34. The van der Waals surface area contributed by atoms with Crippen molar-refractivity contribution in [3.63, 3.8) is 0 Å². The Kier molecular flexibility index (Phi) is 14.4. The molecule has 6 nitrogen and oxygen atoms in total. The number of hydrogen-bond acceptors (Lipinski definition) is 5. The lowest BCUT2D eigenvalue weighted by atomic mass is 10.0. The van der Waals surface area contributed by atoms with Crippen LogP contribution in [0.4, 0.5) is 10.5 Å². The van der Waals surface area contributed by atoms with Gasteiger partial charge in [-0.2, -0.15) is 0 Å². The Morgan fingerprint density at radius 3 is 1.69 bits per heavy atom. The minimum Gasteiger partial charge on any atom is -0.434 e. The van der Waals surface area contributed by atoms with Crippen LogP contribution in [-0.2, 0) is 4.74 Å². The van der Waals surface area contributed by atoms with E-state index in [1.165, 1.54) is 94.9 Å². The van der Waals surface area contributed by atoms with Gasteiger partial charge in [-0.1, -0.05) is 90.4 Å². The summed E-state index contributed by atoms with van der Waals surface area (Å²) < 4.78 is 10.0. The molecule has 0 aliphatic carbocycles. The molecule has 0 aliphatic rings. The van der Waals surface area contributed by atoms with Gasteiger partial charge < -0.3 is 9.47 Å². The second-order valence-corrected chi connectivity index (χ2v) is 7.55. The molecule has 1 aromatic rings. The lowest BCUT2D eigenvalue weighted by Gasteiger charge is -2.06. The molecule has 1 rings (SSSR count). The fourth-order valence-corrected chi connectivity index (χ4v) is 3.21. The molecule has 1 aromatic carbocycles. The lowest BCUT2D eigenvalue weighted by molar-refractivity contribution is -0.384. The van der Waals surface area contributed by atoms with Gasteiger partial charge >= 0.3 is 6.16 Å². The Morgan fingerprint density at radius 2 is 1.24 bits per heavy atom. The van der Waals surface area contributed by atoms with Crippen LogP contribution in [0.15, 0.2) is 24.3 Å². The minimum absolute atomic E-state index is 0.0480. The molecule has 0 N–H and O–H groups in total. The Bertz CT molecular complexity index is 559. The van der Waals surface area contributed by atoms with Crippen LogP contribution in [0, 0.1) is 10.1 Å². The third kappa shape index (κ3) is 13.7. The summed E-state index contributed by atoms with van der Waals surface area (Å²) in [5.41, 5.74) is -0.0480. The number of nitrogens with zero attached hydrogens (tertiary/aromatic N) is 1. The highest BCUT2D eigenvalue weighted by Crippen LogP contribution is 2.18. The van der Waals surface area contributed by atoms with Gasteiger partial charge in [-0.3, -0.25) is 10.1 Å². The van der Waals surface area contributed by atoms with Gasteiger partial charge in [0, 0.05) is 12.1 Å². The van der Waals surface area contributed by atoms with Crippen molar-refractivity contribution in [3.8, 4) is 5.75 Å². The fourth-order valence-electron chi connectivity index (χ4n) is 3.21. The first-order valence-electron chi connectivity index (χ1n) is 11.2. The lowest BCUT2D eigenvalue weighted by Crippen LogP contribution is -2.11. The van der Waals surface area contributed by atoms with Crippen molar-refractivity contribution in [2.75, 3.05) is 6.61 Å². The van der Waals surface area contributed by atoms with Crippen molar-refractivity contribution in [1.29, 1.82) is 0 Å². The van der Waals surface area contributed by atoms with Gasteiger partial charge in [-0.25, -0.2) is 4.79 Å². The van der Waals surface area contributed by atoms with Crippen LogP contribution in [0.1, 0.15) is 96.8 Å². The molecule has 0 amide bonds. The zero-order valence-corrected chi connectivity index (χ0v) is 17.9. The molecule has 6 heteroatoms. The number of non-ortho nitro benzene ring substituents is 1. The number of hydrogen-bond donors (Lipinski definition) is 0. The molecule has 0 spiro atoms. The number of benzene rings is 1. The highest BCUT2D eigenvalue weighted by molar-refractivity contribution is 5.63. The Hall–Kier alpha value is -2.11. The van der Waals surface area contributed by atoms with E-state index in [-0.39, 0.29) is 11.4 Å². The zero-order valence-electron chi connectivity index (χ0n) is 17.9. The standard InChI is InChI=1S/C23H37NO5/c1-2-3-4-5-6-7-8-9-10-11-12-13-14-15-20-28-23(25)29-22-18-16-21(17-19-22)24(26)27/h16-19H,2-15,20H2,1H3. The van der Waals surface area contributed by atoms with Crippen LogP contribution in [0.25, 0.3) is 0 Å². The summed E-state index contributed by atoms with van der Waals surface area (Å²) in [5.74, 6) is 0.238. The van der Waals surface area contributed by atoms with Gasteiger partial charge in [0.2, 0.25) is 0 Å². The Morgan fingerprint density at radius 1 is 0.793 bits per heavy atom. The SMILES string of the molecule is CCCCCCCCCCCCCCCCOC(=O)Oc1ccc([N+](=O)[O-])cc1. The van der Waals surface area contributed by atoms with E-state index in [2.05, 4.69) is 6.92 Å². The summed E-state index contributed by atoms with van der Waals surface area (Å²) in [5, 5.41) is 10.6. The second kappa shape index (κ2) is 16.8. The van der Waals surface area contributed by atoms with Crippen molar-refractivity contribution in [2.45, 2.75) is 96.8 Å². The van der Waals surface area contributed by atoms with Crippen LogP contribution >= 0.6 is 0 Å². The van der Waals surface area contributed by atoms with Gasteiger partial charge in [-0.05, 0) is 18.6 Å². The molecule has 29 heavy (non-hydrogen) atoms. The molecule has 0 aliphatic heterocycles. The van der Waals surface area contributed by atoms with E-state index in [9.17, 15) is 14.9 Å². The van der Waals surface area contributed by atoms with Crippen molar-refractivity contribution in [2.24, 2.45) is 0 Å². The van der Waals surface area contributed by atoms with Gasteiger partial charge in [0.25, 0.3) is 5.69 Å². The monoisotopic (exact) mass is 407 g/mol. The average molecular weight is 408 g/mol. The first-order valence-corrected chi connectivity index (χ1v) is 11.2. The predicted molar refractivity (Wildman–Crippen MR) is 115 cm³/mol. The number of ether oxygens (including phenoxy) is 2. The molecule has 0 bridgehead atoms. The number of rotatable bonds is 17. The van der Waals surface area contributed by atoms with E-state index in [0.717, 1.165) is 19.3 Å². The van der Waals surface area contributed by atoms with Crippen molar-refractivity contribution in [1.82, 2.24) is 0 Å². The zero-order chi connectivity index (χ0) is 21.2. The second-order valence-electron chi connectivity index (χ2n) is 7.55. The van der Waals surface area contributed by atoms with Gasteiger partial charge in [0.15, 0.2) is 0 Å². The normalized spacial score (nSPS) is 10.7. The maximum atomic E-state index is 11.6. The minimum atomic E-state index is -0.770. The topological polar surface area (TPSA) is 78.7 Å². The van der Waals surface area contributed by atoms with Crippen molar-refractivity contribution in [3.05, 3.63) is 34.4 Å². The molecular weight excluding hydrogens is 370 g/mol. The summed E-state index contributed by atoms with van der Waals surface area (Å²) in [6.45, 7) is 2.59. The third-order valence-electron chi connectivity index (χ3n) is 4.97. The maximum absolute atomic E-state index is 11.6. The quantitative estimate of drug-likeness (QED) is 0.0873. The summed E-state index contributed by atoms with van der Waals surface area (Å²) in [6.07, 6.45) is 17.1. The third-order valence-corrected chi connectivity index (χ3v) is 4.97. The summed E-state index contributed by atoms with van der Waals surface area (Å²) >= 11 is 0. The van der Waals surface area contributed by atoms with Crippen molar-refractivity contribution >= 4 is 11.8 Å². The number of unbranched alkanes of at least 4 members (excludes halogenated alkanes) is 13. The molecule has 0 saturated heterocycles. The van der Waals surface area contributed by atoms with E-state index in [1.807, 2.05) is 0 Å². The van der Waals surface area contributed by atoms with E-state index >= 15 is 0 Å². The number of carbonyl (C=O) groups excluding carboxylic acids is 1. The van der Waals surface area contributed by atoms with Crippen LogP contribution < -0.4 is 4.74 Å². The molecule has 0 atom stereocenters. The number of nitro benzene ring substituents is 1. The first kappa shape index (κ1) is 24.9. The van der Waals surface area contributed by atoms with E-state index in [0.29, 0.717) is 6.61 Å². The molecule has 0 radical (unpaired) electrons. The molecular formula is C23H37NO5. The van der Waals surface area contributed by atoms with Gasteiger partial charge in [0.1, 0.15) is 5.75 Å². The number of nitro groups is 1. The largest absolute Gasteiger partial charge is 0.513 e. The molecule has 0 fully saturated rings. The Labute approximate surface area is 175 Å². The van der Waals surface area contributed by atoms with E-state index in [4.69, 9.17) is 9.47 Å². The highest BCUT2D eigenvalue weighted by Gasteiger charge is 2.08. The molecule has 0 heterocycles. The molecule has 0 unspecified atom stereocenters.